The Morgan fingerprint density at radius 3 is 2.69 bits per heavy atom. The van der Waals surface area contributed by atoms with Crippen LogP contribution in [0.2, 0.25) is 0 Å². The van der Waals surface area contributed by atoms with Crippen molar-refractivity contribution in [3.8, 4) is 0 Å². The van der Waals surface area contributed by atoms with Crippen LogP contribution in [0.15, 0.2) is 0 Å². The highest BCUT2D eigenvalue weighted by atomic mass is 16.3. The molecule has 0 aliphatic rings. The van der Waals surface area contributed by atoms with E-state index in [0.29, 0.717) is 13.1 Å². The summed E-state index contributed by atoms with van der Waals surface area (Å²) in [5.74, 6) is -0.0499. The van der Waals surface area contributed by atoms with Gasteiger partial charge in [0.25, 0.3) is 0 Å². The second kappa shape index (κ2) is 6.82. The number of nitrogens with zero attached hydrogens (tertiary/aromatic N) is 1. The molecule has 0 fully saturated rings. The minimum absolute atomic E-state index is 0.0499. The molecule has 5 nitrogen and oxygen atoms in total. The molecule has 0 aliphatic carbocycles. The summed E-state index contributed by atoms with van der Waals surface area (Å²) >= 11 is 0. The Morgan fingerprint density at radius 1 is 1.69 bits per heavy atom. The largest absolute Gasteiger partial charge is 0.390 e. The van der Waals surface area contributed by atoms with Gasteiger partial charge in [0.15, 0.2) is 0 Å². The highest BCUT2D eigenvalue weighted by Gasteiger charge is 2.11. The van der Waals surface area contributed by atoms with Gasteiger partial charge in [-0.25, -0.2) is 0 Å². The first-order valence-electron chi connectivity index (χ1n) is 4.45. The summed E-state index contributed by atoms with van der Waals surface area (Å²) in [5.41, 5.74) is 5.26. The molecule has 0 aromatic carbocycles. The lowest BCUT2D eigenvalue weighted by atomic mass is 10.3. The van der Waals surface area contributed by atoms with Crippen LogP contribution in [-0.2, 0) is 4.79 Å². The van der Waals surface area contributed by atoms with E-state index in [9.17, 15) is 9.90 Å². The van der Waals surface area contributed by atoms with E-state index in [1.54, 1.807) is 7.05 Å². The molecule has 13 heavy (non-hydrogen) atoms. The van der Waals surface area contributed by atoms with Crippen molar-refractivity contribution >= 4 is 5.91 Å². The third-order valence-electron chi connectivity index (χ3n) is 1.83. The van der Waals surface area contributed by atoms with E-state index in [1.165, 1.54) is 0 Å². The van der Waals surface area contributed by atoms with Crippen molar-refractivity contribution in [1.29, 1.82) is 0 Å². The van der Waals surface area contributed by atoms with Gasteiger partial charge in [0.1, 0.15) is 0 Å². The van der Waals surface area contributed by atoms with Crippen LogP contribution < -0.4 is 11.1 Å². The van der Waals surface area contributed by atoms with Crippen LogP contribution in [0.25, 0.3) is 0 Å². The first-order chi connectivity index (χ1) is 6.13. The summed E-state index contributed by atoms with van der Waals surface area (Å²) in [6.45, 7) is 3.64. The molecule has 4 N–H and O–H groups in total. The number of nitrogens with one attached hydrogen (secondary N) is 1. The molecule has 5 heteroatoms. The number of hydrogen-bond donors (Lipinski definition) is 3. The lowest BCUT2D eigenvalue weighted by molar-refractivity contribution is -0.122. The summed E-state index contributed by atoms with van der Waals surface area (Å²) in [6.07, 6.45) is -0.551. The highest BCUT2D eigenvalue weighted by Crippen LogP contribution is 1.90. The van der Waals surface area contributed by atoms with Gasteiger partial charge in [0.2, 0.25) is 5.91 Å². The first-order valence-corrected chi connectivity index (χ1v) is 4.45. The molecule has 0 aromatic rings. The fraction of sp³-hybridized carbons (Fsp3) is 0.875. The van der Waals surface area contributed by atoms with E-state index in [1.807, 2.05) is 11.8 Å². The molecule has 0 rings (SSSR count). The topological polar surface area (TPSA) is 78.6 Å². The maximum absolute atomic E-state index is 11.0. The van der Waals surface area contributed by atoms with Gasteiger partial charge in [0, 0.05) is 20.1 Å². The van der Waals surface area contributed by atoms with Crippen LogP contribution in [0.4, 0.5) is 0 Å². The lowest BCUT2D eigenvalue weighted by Gasteiger charge is -2.21. The van der Waals surface area contributed by atoms with Crippen molar-refractivity contribution in [2.45, 2.75) is 13.0 Å². The predicted molar refractivity (Wildman–Crippen MR) is 51.2 cm³/mol. The molecule has 1 amide bonds. The zero-order valence-corrected chi connectivity index (χ0v) is 8.29. The standard InChI is InChI=1S/C8H19N3O2/c1-3-11(5-7(12)4-9)6-8(13)10-2/h7,12H,3-6,9H2,1-2H3,(H,10,13). The van der Waals surface area contributed by atoms with E-state index in [2.05, 4.69) is 5.32 Å². The number of aliphatic hydroxyl groups excluding tert-OH is 1. The SMILES string of the molecule is CCN(CC(=O)NC)CC(O)CN. The van der Waals surface area contributed by atoms with Gasteiger partial charge in [-0.1, -0.05) is 6.92 Å². The van der Waals surface area contributed by atoms with Gasteiger partial charge in [-0.05, 0) is 6.54 Å². The van der Waals surface area contributed by atoms with Crippen LogP contribution in [0.5, 0.6) is 0 Å². The Bertz CT molecular complexity index is 152. The summed E-state index contributed by atoms with van der Waals surface area (Å²) in [4.78, 5) is 12.8. The number of rotatable bonds is 6. The van der Waals surface area contributed by atoms with E-state index in [-0.39, 0.29) is 12.5 Å². The third kappa shape index (κ3) is 5.57. The Labute approximate surface area is 78.9 Å². The van der Waals surface area contributed by atoms with Crippen molar-refractivity contribution in [1.82, 2.24) is 10.2 Å². The van der Waals surface area contributed by atoms with Crippen molar-refractivity contribution < 1.29 is 9.90 Å². The maximum Gasteiger partial charge on any atom is 0.233 e. The Morgan fingerprint density at radius 2 is 2.31 bits per heavy atom. The molecule has 0 saturated heterocycles. The number of aliphatic hydroxyl groups is 1. The normalized spacial score (nSPS) is 13.0. The number of hydrogen-bond acceptors (Lipinski definition) is 4. The quantitative estimate of drug-likeness (QED) is 0.469. The molecule has 1 atom stereocenters. The molecule has 0 aliphatic heterocycles. The van der Waals surface area contributed by atoms with Crippen LogP contribution in [-0.4, -0.2) is 55.2 Å². The van der Waals surface area contributed by atoms with Crippen molar-refractivity contribution in [3.63, 3.8) is 0 Å². The van der Waals surface area contributed by atoms with Crippen LogP contribution >= 0.6 is 0 Å². The second-order valence-corrected chi connectivity index (χ2v) is 2.89. The van der Waals surface area contributed by atoms with Crippen LogP contribution in [0.1, 0.15) is 6.92 Å². The monoisotopic (exact) mass is 189 g/mol. The number of amides is 1. The number of likely N-dealkylation sites (N-methyl/N-ethyl adjacent to an activating group) is 2. The first kappa shape index (κ1) is 12.3. The van der Waals surface area contributed by atoms with Gasteiger partial charge in [0.05, 0.1) is 12.6 Å². The lowest BCUT2D eigenvalue weighted by Crippen LogP contribution is -2.41. The van der Waals surface area contributed by atoms with E-state index < -0.39 is 6.10 Å². The molecule has 0 aromatic heterocycles. The predicted octanol–water partition coefficient (Wildman–Crippen LogP) is -1.63. The second-order valence-electron chi connectivity index (χ2n) is 2.89. The molecule has 0 heterocycles. The molecule has 1 unspecified atom stereocenters. The molecule has 0 saturated carbocycles. The summed E-state index contributed by atoms with van der Waals surface area (Å²) < 4.78 is 0. The van der Waals surface area contributed by atoms with Gasteiger partial charge in [-0.3, -0.25) is 9.69 Å². The van der Waals surface area contributed by atoms with E-state index in [0.717, 1.165) is 6.54 Å². The van der Waals surface area contributed by atoms with Gasteiger partial charge in [-0.2, -0.15) is 0 Å². The Hall–Kier alpha value is -0.650. The fourth-order valence-electron chi connectivity index (χ4n) is 0.960. The third-order valence-corrected chi connectivity index (χ3v) is 1.83. The molecular formula is C8H19N3O2. The summed E-state index contributed by atoms with van der Waals surface area (Å²) in [6, 6.07) is 0. The van der Waals surface area contributed by atoms with E-state index in [4.69, 9.17) is 5.73 Å². The summed E-state index contributed by atoms with van der Waals surface area (Å²) in [5, 5.41) is 11.8. The van der Waals surface area contributed by atoms with Crippen molar-refractivity contribution in [2.75, 3.05) is 33.2 Å². The number of nitrogens with two attached hydrogens (primary N) is 1. The minimum Gasteiger partial charge on any atom is -0.390 e. The van der Waals surface area contributed by atoms with Crippen molar-refractivity contribution in [3.05, 3.63) is 0 Å². The number of carbonyl (C=O) groups excluding carboxylic acids is 1. The smallest absolute Gasteiger partial charge is 0.233 e. The van der Waals surface area contributed by atoms with Crippen molar-refractivity contribution in [2.24, 2.45) is 5.73 Å². The van der Waals surface area contributed by atoms with E-state index >= 15 is 0 Å². The number of carbonyl (C=O) groups is 1. The molecule has 78 valence electrons. The molecule has 0 bridgehead atoms. The average molecular weight is 189 g/mol. The molecule has 0 radical (unpaired) electrons. The molecular weight excluding hydrogens is 170 g/mol. The van der Waals surface area contributed by atoms with Gasteiger partial charge >= 0.3 is 0 Å². The van der Waals surface area contributed by atoms with Gasteiger partial charge < -0.3 is 16.2 Å². The average Bonchev–Trinajstić information content (AvgIpc) is 2.16. The van der Waals surface area contributed by atoms with Crippen LogP contribution in [0.3, 0.4) is 0 Å². The zero-order chi connectivity index (χ0) is 10.3. The Balaban J connectivity index is 3.81. The summed E-state index contributed by atoms with van der Waals surface area (Å²) in [7, 11) is 1.59. The molecule has 0 spiro atoms. The van der Waals surface area contributed by atoms with Gasteiger partial charge in [-0.15, -0.1) is 0 Å². The Kier molecular flexibility index (Phi) is 6.48. The zero-order valence-electron chi connectivity index (χ0n) is 8.29. The minimum atomic E-state index is -0.551. The fourth-order valence-corrected chi connectivity index (χ4v) is 0.960. The maximum atomic E-state index is 11.0. The van der Waals surface area contributed by atoms with Crippen LogP contribution in [0, 0.1) is 0 Å². The highest BCUT2D eigenvalue weighted by molar-refractivity contribution is 5.77.